The van der Waals surface area contributed by atoms with Crippen LogP contribution >= 0.6 is 0 Å². The van der Waals surface area contributed by atoms with Gasteiger partial charge in [-0.1, -0.05) is 60.7 Å². The minimum Gasteiger partial charge on any atom is -0.396 e. The van der Waals surface area contributed by atoms with Crippen molar-refractivity contribution in [3.05, 3.63) is 82.9 Å². The second-order valence-electron chi connectivity index (χ2n) is 7.75. The van der Waals surface area contributed by atoms with Crippen LogP contribution in [-0.4, -0.2) is 47.2 Å². The molecule has 0 aliphatic heterocycles. The number of hydrogen-bond acceptors (Lipinski definition) is 4. The molecule has 0 saturated heterocycles. The Kier molecular flexibility index (Phi) is 8.57. The number of carbonyl (C=O) groups is 1. The van der Waals surface area contributed by atoms with Gasteiger partial charge in [0.25, 0.3) is 0 Å². The molecule has 0 heterocycles. The molecule has 0 aromatic heterocycles. The minimum absolute atomic E-state index is 0.236. The normalized spacial score (nSPS) is 13.1. The predicted octanol–water partition coefficient (Wildman–Crippen LogP) is 3.87. The van der Waals surface area contributed by atoms with E-state index in [0.29, 0.717) is 0 Å². The largest absolute Gasteiger partial charge is 0.396 e. The lowest BCUT2D eigenvalue weighted by molar-refractivity contribution is -0.117. The highest BCUT2D eigenvalue weighted by Crippen LogP contribution is 2.29. The maximum atomic E-state index is 11.2. The molecule has 3 rings (SSSR count). The summed E-state index contributed by atoms with van der Waals surface area (Å²) in [6.45, 7) is 2.58. The quantitative estimate of drug-likeness (QED) is 0.416. The molecule has 0 amide bonds. The first-order valence-electron chi connectivity index (χ1n) is 10.7. The van der Waals surface area contributed by atoms with Crippen LogP contribution in [0.4, 0.5) is 0 Å². The molecule has 2 N–H and O–H groups in total. The Labute approximate surface area is 179 Å². The Morgan fingerprint density at radius 1 is 1.00 bits per heavy atom. The van der Waals surface area contributed by atoms with Gasteiger partial charge in [0.05, 0.1) is 0 Å². The van der Waals surface area contributed by atoms with Crippen molar-refractivity contribution in [2.45, 2.75) is 32.2 Å². The average Bonchev–Trinajstić information content (AvgIpc) is 3.20. The van der Waals surface area contributed by atoms with Crippen LogP contribution in [0.25, 0.3) is 11.6 Å². The van der Waals surface area contributed by atoms with E-state index in [2.05, 4.69) is 47.4 Å². The van der Waals surface area contributed by atoms with E-state index in [9.17, 15) is 4.79 Å². The van der Waals surface area contributed by atoms with E-state index in [1.807, 2.05) is 12.1 Å². The zero-order valence-corrected chi connectivity index (χ0v) is 17.5. The molecule has 2 aromatic carbocycles. The summed E-state index contributed by atoms with van der Waals surface area (Å²) in [6, 6.07) is 16.8. The fraction of sp³-hybridized carbons (Fsp3) is 0.346. The number of carbonyl (C=O) groups excluding carboxylic acids is 1. The Morgan fingerprint density at radius 2 is 1.80 bits per heavy atom. The monoisotopic (exact) mass is 405 g/mol. The molecular formula is C26H31NO3. The Hall–Kier alpha value is -2.53. The van der Waals surface area contributed by atoms with E-state index in [1.54, 1.807) is 6.08 Å². The number of hydrogen-bond donors (Lipinski definition) is 2. The van der Waals surface area contributed by atoms with Crippen molar-refractivity contribution in [1.29, 1.82) is 0 Å². The highest BCUT2D eigenvalue weighted by molar-refractivity contribution is 5.94. The highest BCUT2D eigenvalue weighted by Gasteiger charge is 2.14. The number of benzene rings is 2. The molecule has 0 spiro atoms. The van der Waals surface area contributed by atoms with E-state index in [1.165, 1.54) is 28.3 Å². The van der Waals surface area contributed by atoms with E-state index in [4.69, 9.17) is 10.2 Å². The van der Waals surface area contributed by atoms with Gasteiger partial charge in [0.2, 0.25) is 0 Å². The van der Waals surface area contributed by atoms with Crippen molar-refractivity contribution in [1.82, 2.24) is 4.90 Å². The van der Waals surface area contributed by atoms with Gasteiger partial charge in [-0.05, 0) is 66.1 Å². The molecule has 1 aliphatic carbocycles. The lowest BCUT2D eigenvalue weighted by Crippen LogP contribution is -2.26. The molecule has 0 atom stereocenters. The molecule has 2 aromatic rings. The Balaban J connectivity index is 1.59. The number of aliphatic hydroxyl groups excluding tert-OH is 2. The first-order valence-corrected chi connectivity index (χ1v) is 10.7. The summed E-state index contributed by atoms with van der Waals surface area (Å²) in [5, 5.41) is 17.9. The molecular weight excluding hydrogens is 374 g/mol. The van der Waals surface area contributed by atoms with Gasteiger partial charge >= 0.3 is 0 Å². The zero-order valence-electron chi connectivity index (χ0n) is 17.5. The number of allylic oxidation sites excluding steroid dienone is 1. The van der Waals surface area contributed by atoms with Crippen LogP contribution in [0.1, 0.15) is 41.5 Å². The summed E-state index contributed by atoms with van der Waals surface area (Å²) in [5.74, 6) is -0.295. The van der Waals surface area contributed by atoms with Gasteiger partial charge in [0.1, 0.15) is 6.61 Å². The summed E-state index contributed by atoms with van der Waals surface area (Å²) in [6.07, 6.45) is 9.35. The molecule has 0 bridgehead atoms. The van der Waals surface area contributed by atoms with Crippen LogP contribution in [0, 0.1) is 0 Å². The van der Waals surface area contributed by atoms with Crippen LogP contribution in [0.2, 0.25) is 0 Å². The lowest BCUT2D eigenvalue weighted by Gasteiger charge is -2.23. The number of rotatable bonds is 12. The van der Waals surface area contributed by atoms with E-state index < -0.39 is 6.61 Å². The van der Waals surface area contributed by atoms with Crippen LogP contribution in [-0.2, 0) is 17.8 Å². The zero-order chi connectivity index (χ0) is 21.2. The summed E-state index contributed by atoms with van der Waals surface area (Å²) in [4.78, 5) is 13.7. The molecule has 158 valence electrons. The number of nitrogens with zero attached hydrogens (tertiary/aromatic N) is 1. The Morgan fingerprint density at radius 3 is 2.57 bits per heavy atom. The molecule has 0 radical (unpaired) electrons. The molecule has 1 aliphatic rings. The number of ketones is 1. The van der Waals surface area contributed by atoms with Gasteiger partial charge < -0.3 is 10.2 Å². The highest BCUT2D eigenvalue weighted by atomic mass is 16.3. The smallest absolute Gasteiger partial charge is 0.181 e. The van der Waals surface area contributed by atoms with Crippen LogP contribution < -0.4 is 0 Å². The van der Waals surface area contributed by atoms with Crippen molar-refractivity contribution in [3.63, 3.8) is 0 Å². The molecule has 0 unspecified atom stereocenters. The van der Waals surface area contributed by atoms with Crippen molar-refractivity contribution >= 4 is 17.4 Å². The van der Waals surface area contributed by atoms with E-state index in [0.717, 1.165) is 50.9 Å². The molecule has 4 heteroatoms. The summed E-state index contributed by atoms with van der Waals surface area (Å²) in [7, 11) is 0. The lowest BCUT2D eigenvalue weighted by atomic mass is 10.0. The first kappa shape index (κ1) is 22.2. The molecule has 4 nitrogen and oxygen atoms in total. The SMILES string of the molecule is O=C(/C=C/c1ccc(CN(CCCCO)CCC2=CCc3ccccc32)cc1)CO. The topological polar surface area (TPSA) is 60.8 Å². The van der Waals surface area contributed by atoms with Gasteiger partial charge in [-0.3, -0.25) is 9.69 Å². The third kappa shape index (κ3) is 6.49. The first-order chi connectivity index (χ1) is 14.7. The Bertz CT molecular complexity index is 883. The number of aliphatic hydroxyl groups is 2. The predicted molar refractivity (Wildman–Crippen MR) is 122 cm³/mol. The second-order valence-corrected chi connectivity index (χ2v) is 7.75. The summed E-state index contributed by atoms with van der Waals surface area (Å²) < 4.78 is 0. The van der Waals surface area contributed by atoms with Crippen molar-refractivity contribution in [2.75, 3.05) is 26.3 Å². The van der Waals surface area contributed by atoms with Crippen LogP contribution in [0.3, 0.4) is 0 Å². The summed E-state index contributed by atoms with van der Waals surface area (Å²) in [5.41, 5.74) is 6.42. The third-order valence-electron chi connectivity index (χ3n) is 5.51. The van der Waals surface area contributed by atoms with Gasteiger partial charge in [0.15, 0.2) is 5.78 Å². The number of fused-ring (bicyclic) bond motifs is 1. The maximum Gasteiger partial charge on any atom is 0.181 e. The maximum absolute atomic E-state index is 11.2. The second kappa shape index (κ2) is 11.6. The van der Waals surface area contributed by atoms with Gasteiger partial charge in [0, 0.05) is 19.7 Å². The van der Waals surface area contributed by atoms with Crippen molar-refractivity contribution in [3.8, 4) is 0 Å². The summed E-state index contributed by atoms with van der Waals surface area (Å²) >= 11 is 0. The third-order valence-corrected chi connectivity index (χ3v) is 5.51. The fourth-order valence-electron chi connectivity index (χ4n) is 3.82. The van der Waals surface area contributed by atoms with Gasteiger partial charge in [-0.2, -0.15) is 0 Å². The van der Waals surface area contributed by atoms with Crippen molar-refractivity contribution in [2.24, 2.45) is 0 Å². The molecule has 0 fully saturated rings. The molecule has 30 heavy (non-hydrogen) atoms. The standard InChI is InChI=1S/C26H31NO3/c28-18-4-3-16-27(17-15-24-13-12-23-5-1-2-6-26(23)24)19-22-9-7-21(8-10-22)11-14-25(30)20-29/h1-2,5-11,13-14,28-29H,3-4,12,15-20H2/b14-11+. The average molecular weight is 406 g/mol. The van der Waals surface area contributed by atoms with E-state index >= 15 is 0 Å². The molecule has 0 saturated carbocycles. The van der Waals surface area contributed by atoms with E-state index in [-0.39, 0.29) is 12.4 Å². The van der Waals surface area contributed by atoms with Gasteiger partial charge in [-0.15, -0.1) is 0 Å². The minimum atomic E-state index is -0.460. The van der Waals surface area contributed by atoms with Crippen LogP contribution in [0.15, 0.2) is 60.7 Å². The van der Waals surface area contributed by atoms with Crippen LogP contribution in [0.5, 0.6) is 0 Å². The number of unbranched alkanes of at least 4 members (excludes halogenated alkanes) is 1. The van der Waals surface area contributed by atoms with Crippen molar-refractivity contribution < 1.29 is 15.0 Å². The van der Waals surface area contributed by atoms with Gasteiger partial charge in [-0.25, -0.2) is 0 Å². The fourth-order valence-corrected chi connectivity index (χ4v) is 3.82.